The SMILES string of the molecule is CCC(NCC1CCS(=O)(=O)C1)c1ccc(Cl)c(Cl)c1. The summed E-state index contributed by atoms with van der Waals surface area (Å²) in [5, 5.41) is 4.54. The number of nitrogens with one attached hydrogen (secondary N) is 1. The van der Waals surface area contributed by atoms with Crippen molar-refractivity contribution in [3.05, 3.63) is 33.8 Å². The van der Waals surface area contributed by atoms with Gasteiger partial charge < -0.3 is 5.32 Å². The lowest BCUT2D eigenvalue weighted by Gasteiger charge is -2.20. The van der Waals surface area contributed by atoms with Gasteiger partial charge in [-0.3, -0.25) is 0 Å². The molecule has 1 aromatic carbocycles. The largest absolute Gasteiger partial charge is 0.310 e. The maximum absolute atomic E-state index is 11.4. The second-order valence-electron chi connectivity index (χ2n) is 5.31. The Morgan fingerprint density at radius 3 is 2.65 bits per heavy atom. The summed E-state index contributed by atoms with van der Waals surface area (Å²) in [6.45, 7) is 2.81. The lowest BCUT2D eigenvalue weighted by atomic mass is 10.0. The van der Waals surface area contributed by atoms with Gasteiger partial charge in [-0.05, 0) is 43.0 Å². The van der Waals surface area contributed by atoms with Crippen LogP contribution in [0, 0.1) is 5.92 Å². The topological polar surface area (TPSA) is 46.2 Å². The molecule has 2 atom stereocenters. The third-order valence-electron chi connectivity index (χ3n) is 3.73. The molecule has 1 aliphatic heterocycles. The molecule has 0 bridgehead atoms. The van der Waals surface area contributed by atoms with Gasteiger partial charge in [-0.25, -0.2) is 8.42 Å². The molecule has 0 aromatic heterocycles. The average Bonchev–Trinajstić information content (AvgIpc) is 2.74. The molecule has 20 heavy (non-hydrogen) atoms. The summed E-state index contributed by atoms with van der Waals surface area (Å²) in [6, 6.07) is 5.80. The van der Waals surface area contributed by atoms with Crippen molar-refractivity contribution in [3.8, 4) is 0 Å². The highest BCUT2D eigenvalue weighted by atomic mass is 35.5. The van der Waals surface area contributed by atoms with E-state index in [-0.39, 0.29) is 12.0 Å². The van der Waals surface area contributed by atoms with E-state index in [0.717, 1.165) is 24.9 Å². The first kappa shape index (κ1) is 16.1. The van der Waals surface area contributed by atoms with Crippen molar-refractivity contribution < 1.29 is 8.42 Å². The Labute approximate surface area is 130 Å². The Bertz CT molecular complexity index is 575. The molecule has 1 aromatic rings. The van der Waals surface area contributed by atoms with Crippen molar-refractivity contribution in [3.63, 3.8) is 0 Å². The molecular weight excluding hydrogens is 317 g/mol. The van der Waals surface area contributed by atoms with Crippen molar-refractivity contribution in [2.45, 2.75) is 25.8 Å². The first-order valence-corrected chi connectivity index (χ1v) is 9.37. The van der Waals surface area contributed by atoms with E-state index in [9.17, 15) is 8.42 Å². The molecule has 1 N–H and O–H groups in total. The highest BCUT2D eigenvalue weighted by Crippen LogP contribution is 2.27. The van der Waals surface area contributed by atoms with Crippen LogP contribution in [0.3, 0.4) is 0 Å². The lowest BCUT2D eigenvalue weighted by molar-refractivity contribution is 0.450. The maximum Gasteiger partial charge on any atom is 0.150 e. The summed E-state index contributed by atoms with van der Waals surface area (Å²) in [7, 11) is -2.81. The number of rotatable bonds is 5. The van der Waals surface area contributed by atoms with Gasteiger partial charge in [0.2, 0.25) is 0 Å². The second kappa shape index (κ2) is 6.65. The van der Waals surface area contributed by atoms with E-state index in [1.165, 1.54) is 0 Å². The highest BCUT2D eigenvalue weighted by molar-refractivity contribution is 7.91. The quantitative estimate of drug-likeness (QED) is 0.896. The zero-order valence-corrected chi connectivity index (χ0v) is 13.7. The zero-order chi connectivity index (χ0) is 14.8. The third kappa shape index (κ3) is 4.10. The molecular formula is C14H19Cl2NO2S. The number of hydrogen-bond acceptors (Lipinski definition) is 3. The number of halogens is 2. The van der Waals surface area contributed by atoms with E-state index >= 15 is 0 Å². The molecule has 1 saturated heterocycles. The summed E-state index contributed by atoms with van der Waals surface area (Å²) in [5.74, 6) is 0.845. The number of sulfone groups is 1. The number of hydrogen-bond donors (Lipinski definition) is 1. The van der Waals surface area contributed by atoms with Gasteiger partial charge >= 0.3 is 0 Å². The molecule has 1 fully saturated rings. The van der Waals surface area contributed by atoms with Crippen molar-refractivity contribution in [2.24, 2.45) is 5.92 Å². The fourth-order valence-corrected chi connectivity index (χ4v) is 4.74. The van der Waals surface area contributed by atoms with E-state index in [4.69, 9.17) is 23.2 Å². The van der Waals surface area contributed by atoms with Gasteiger partial charge in [0.1, 0.15) is 0 Å². The molecule has 0 saturated carbocycles. The summed E-state index contributed by atoms with van der Waals surface area (Å²) in [5.41, 5.74) is 1.09. The molecule has 2 unspecified atom stereocenters. The minimum absolute atomic E-state index is 0.174. The van der Waals surface area contributed by atoms with Crippen molar-refractivity contribution >= 4 is 33.0 Å². The monoisotopic (exact) mass is 335 g/mol. The molecule has 0 aliphatic carbocycles. The molecule has 0 spiro atoms. The van der Waals surface area contributed by atoms with Crippen LogP contribution in [0.4, 0.5) is 0 Å². The van der Waals surface area contributed by atoms with E-state index < -0.39 is 9.84 Å². The van der Waals surface area contributed by atoms with Crippen LogP contribution >= 0.6 is 23.2 Å². The average molecular weight is 336 g/mol. The molecule has 3 nitrogen and oxygen atoms in total. The second-order valence-corrected chi connectivity index (χ2v) is 8.35. The lowest BCUT2D eigenvalue weighted by Crippen LogP contribution is -2.27. The van der Waals surface area contributed by atoms with Gasteiger partial charge in [-0.1, -0.05) is 36.2 Å². The van der Waals surface area contributed by atoms with Crippen molar-refractivity contribution in [1.82, 2.24) is 5.32 Å². The Balaban J connectivity index is 1.97. The summed E-state index contributed by atoms with van der Waals surface area (Å²) in [4.78, 5) is 0. The van der Waals surface area contributed by atoms with E-state index in [2.05, 4.69) is 12.2 Å². The standard InChI is InChI=1S/C14H19Cl2NO2S/c1-2-14(11-3-4-12(15)13(16)7-11)17-8-10-5-6-20(18,19)9-10/h3-4,7,10,14,17H,2,5-6,8-9H2,1H3. The van der Waals surface area contributed by atoms with Crippen LogP contribution in [0.15, 0.2) is 18.2 Å². The minimum atomic E-state index is -2.81. The van der Waals surface area contributed by atoms with Gasteiger partial charge in [0.25, 0.3) is 0 Å². The van der Waals surface area contributed by atoms with Gasteiger partial charge in [0.05, 0.1) is 21.6 Å². The van der Waals surface area contributed by atoms with Gasteiger partial charge in [-0.2, -0.15) is 0 Å². The first-order chi connectivity index (χ1) is 9.41. The molecule has 1 heterocycles. The fourth-order valence-electron chi connectivity index (χ4n) is 2.57. The Morgan fingerprint density at radius 1 is 1.35 bits per heavy atom. The summed E-state index contributed by atoms with van der Waals surface area (Å²) >= 11 is 12.0. The van der Waals surface area contributed by atoms with E-state index in [1.807, 2.05) is 12.1 Å². The van der Waals surface area contributed by atoms with E-state index in [1.54, 1.807) is 6.07 Å². The van der Waals surface area contributed by atoms with Crippen molar-refractivity contribution in [1.29, 1.82) is 0 Å². The smallest absolute Gasteiger partial charge is 0.150 e. The summed E-state index contributed by atoms with van der Waals surface area (Å²) < 4.78 is 22.9. The van der Waals surface area contributed by atoms with Crippen LogP contribution in [0.2, 0.25) is 10.0 Å². The molecule has 1 aliphatic rings. The first-order valence-electron chi connectivity index (χ1n) is 6.80. The zero-order valence-electron chi connectivity index (χ0n) is 11.4. The van der Waals surface area contributed by atoms with Crippen LogP contribution in [0.25, 0.3) is 0 Å². The Kier molecular flexibility index (Phi) is 5.35. The van der Waals surface area contributed by atoms with Crippen LogP contribution in [-0.4, -0.2) is 26.5 Å². The van der Waals surface area contributed by atoms with Crippen LogP contribution in [0.1, 0.15) is 31.4 Å². The number of benzene rings is 1. The minimum Gasteiger partial charge on any atom is -0.310 e. The maximum atomic E-state index is 11.4. The summed E-state index contributed by atoms with van der Waals surface area (Å²) in [6.07, 6.45) is 1.67. The predicted octanol–water partition coefficient (Wildman–Crippen LogP) is 3.47. The molecule has 0 amide bonds. The highest BCUT2D eigenvalue weighted by Gasteiger charge is 2.28. The van der Waals surface area contributed by atoms with E-state index in [0.29, 0.717) is 21.6 Å². The van der Waals surface area contributed by atoms with Gasteiger partial charge in [-0.15, -0.1) is 0 Å². The predicted molar refractivity (Wildman–Crippen MR) is 84.3 cm³/mol. The molecule has 2 rings (SSSR count). The molecule has 0 radical (unpaired) electrons. The van der Waals surface area contributed by atoms with Crippen LogP contribution in [0.5, 0.6) is 0 Å². The third-order valence-corrected chi connectivity index (χ3v) is 6.31. The van der Waals surface area contributed by atoms with Gasteiger partial charge in [0.15, 0.2) is 9.84 Å². The van der Waals surface area contributed by atoms with Crippen LogP contribution < -0.4 is 5.32 Å². The van der Waals surface area contributed by atoms with Crippen molar-refractivity contribution in [2.75, 3.05) is 18.1 Å². The Morgan fingerprint density at radius 2 is 2.10 bits per heavy atom. The Hall–Kier alpha value is -0.290. The van der Waals surface area contributed by atoms with Crippen LogP contribution in [-0.2, 0) is 9.84 Å². The fraction of sp³-hybridized carbons (Fsp3) is 0.571. The normalized spacial score (nSPS) is 22.9. The van der Waals surface area contributed by atoms with Gasteiger partial charge in [0, 0.05) is 6.04 Å². The molecule has 112 valence electrons. The molecule has 6 heteroatoms.